The molecule has 1 aliphatic heterocycles. The van der Waals surface area contributed by atoms with Gasteiger partial charge in [0.25, 0.3) is 0 Å². The van der Waals surface area contributed by atoms with E-state index in [1.54, 1.807) is 0 Å². The first-order chi connectivity index (χ1) is 12.0. The lowest BCUT2D eigenvalue weighted by molar-refractivity contribution is 0.390. The lowest BCUT2D eigenvalue weighted by Crippen LogP contribution is -2.48. The first kappa shape index (κ1) is 19.8. The second kappa shape index (κ2) is 9.86. The lowest BCUT2D eigenvalue weighted by atomic mass is 10.2. The average molecular weight is 381 g/mol. The van der Waals surface area contributed by atoms with Crippen LogP contribution in [0, 0.1) is 11.8 Å². The summed E-state index contributed by atoms with van der Waals surface area (Å²) in [4.78, 5) is 2.17. The summed E-state index contributed by atoms with van der Waals surface area (Å²) in [5, 5.41) is 1.92. The average Bonchev–Trinajstić information content (AvgIpc) is 2.62. The van der Waals surface area contributed by atoms with Gasteiger partial charge in [-0.1, -0.05) is 43.2 Å². The molecule has 0 saturated carbocycles. The van der Waals surface area contributed by atoms with E-state index < -0.39 is 10.0 Å². The van der Waals surface area contributed by atoms with Gasteiger partial charge in [0.2, 0.25) is 10.0 Å². The highest BCUT2D eigenvalue weighted by Gasteiger charge is 2.24. The molecule has 6 heteroatoms. The summed E-state index contributed by atoms with van der Waals surface area (Å²) in [7, 11) is -3.39. The van der Waals surface area contributed by atoms with Gasteiger partial charge in [-0.25, -0.2) is 8.42 Å². The maximum atomic E-state index is 12.3. The number of nitrogens with zero attached hydrogens (tertiary/aromatic N) is 2. The molecule has 4 nitrogen and oxygen atoms in total. The smallest absolute Gasteiger partial charge is 0.236 e. The summed E-state index contributed by atoms with van der Waals surface area (Å²) in [6.07, 6.45) is 5.66. The maximum Gasteiger partial charge on any atom is 0.236 e. The standard InChI is InChI=1S/C19H25ClN2O2S/c1-2-3-4-5-6-7-8-17-25(23,24)22-15-13-21(14-16-22)19-11-9-18(20)10-12-19/h8-12,17H,2-5,13-16H2,1H3/b17-8+. The molecule has 25 heavy (non-hydrogen) atoms. The van der Waals surface area contributed by atoms with Crippen molar-refractivity contribution in [1.82, 2.24) is 4.31 Å². The molecule has 0 atom stereocenters. The van der Waals surface area contributed by atoms with E-state index in [0.717, 1.165) is 31.4 Å². The van der Waals surface area contributed by atoms with E-state index in [-0.39, 0.29) is 0 Å². The van der Waals surface area contributed by atoms with E-state index in [2.05, 4.69) is 23.7 Å². The molecule has 0 bridgehead atoms. The molecule has 0 N–H and O–H groups in total. The van der Waals surface area contributed by atoms with Crippen LogP contribution in [0.2, 0.25) is 5.02 Å². The third-order valence-electron chi connectivity index (χ3n) is 4.12. The number of rotatable bonds is 6. The Balaban J connectivity index is 1.85. The number of hydrogen-bond acceptors (Lipinski definition) is 3. The van der Waals surface area contributed by atoms with Crippen molar-refractivity contribution in [3.8, 4) is 11.8 Å². The summed E-state index contributed by atoms with van der Waals surface area (Å²) in [5.41, 5.74) is 1.06. The normalized spacial score (nSPS) is 16.0. The fourth-order valence-corrected chi connectivity index (χ4v) is 3.86. The third kappa shape index (κ3) is 6.39. The van der Waals surface area contributed by atoms with Crippen molar-refractivity contribution in [1.29, 1.82) is 0 Å². The molecular formula is C19H25ClN2O2S. The van der Waals surface area contributed by atoms with Crippen molar-refractivity contribution in [2.45, 2.75) is 32.6 Å². The largest absolute Gasteiger partial charge is 0.369 e. The predicted molar refractivity (Wildman–Crippen MR) is 105 cm³/mol. The van der Waals surface area contributed by atoms with Crippen LogP contribution in [0.15, 0.2) is 35.7 Å². The van der Waals surface area contributed by atoms with Gasteiger partial charge in [-0.05, 0) is 30.7 Å². The Hall–Kier alpha value is -1.48. The quantitative estimate of drug-likeness (QED) is 0.555. The maximum absolute atomic E-state index is 12.3. The van der Waals surface area contributed by atoms with Gasteiger partial charge in [0, 0.05) is 49.4 Å². The number of sulfonamides is 1. The van der Waals surface area contributed by atoms with Gasteiger partial charge >= 0.3 is 0 Å². The molecule has 1 saturated heterocycles. The number of unbranched alkanes of at least 4 members (excludes halogenated alkanes) is 3. The zero-order chi connectivity index (χ0) is 18.1. The summed E-state index contributed by atoms with van der Waals surface area (Å²) in [6.45, 7) is 4.42. The van der Waals surface area contributed by atoms with Crippen molar-refractivity contribution in [3.63, 3.8) is 0 Å². The molecule has 0 spiro atoms. The zero-order valence-corrected chi connectivity index (χ0v) is 16.2. The fraction of sp³-hybridized carbons (Fsp3) is 0.474. The second-order valence-corrected chi connectivity index (χ2v) is 8.24. The Kier molecular flexibility index (Phi) is 7.83. The Morgan fingerprint density at radius 1 is 1.12 bits per heavy atom. The second-order valence-electron chi connectivity index (χ2n) is 5.99. The number of anilines is 1. The number of allylic oxidation sites excluding steroid dienone is 1. The molecule has 1 heterocycles. The van der Waals surface area contributed by atoms with E-state index in [4.69, 9.17) is 11.6 Å². The third-order valence-corrected chi connectivity index (χ3v) is 5.94. The highest BCUT2D eigenvalue weighted by molar-refractivity contribution is 7.92. The monoisotopic (exact) mass is 380 g/mol. The first-order valence-electron chi connectivity index (χ1n) is 8.68. The Labute approximate surface area is 156 Å². The molecule has 0 unspecified atom stereocenters. The van der Waals surface area contributed by atoms with Crippen molar-refractivity contribution in [2.75, 3.05) is 31.1 Å². The molecule has 1 aromatic rings. The number of hydrogen-bond donors (Lipinski definition) is 0. The molecule has 0 aromatic heterocycles. The molecule has 2 rings (SSSR count). The molecular weight excluding hydrogens is 356 g/mol. The van der Waals surface area contributed by atoms with Crippen LogP contribution in [0.3, 0.4) is 0 Å². The minimum atomic E-state index is -3.39. The van der Waals surface area contributed by atoms with Crippen LogP contribution >= 0.6 is 11.6 Å². The summed E-state index contributed by atoms with van der Waals surface area (Å²) >= 11 is 5.90. The van der Waals surface area contributed by atoms with Crippen molar-refractivity contribution >= 4 is 27.3 Å². The SMILES string of the molecule is CCCCCC#C/C=C/S(=O)(=O)N1CCN(c2ccc(Cl)cc2)CC1. The molecule has 0 radical (unpaired) electrons. The van der Waals surface area contributed by atoms with Crippen LogP contribution in [0.4, 0.5) is 5.69 Å². The molecule has 1 fully saturated rings. The van der Waals surface area contributed by atoms with Gasteiger partial charge in [-0.2, -0.15) is 4.31 Å². The van der Waals surface area contributed by atoms with Crippen LogP contribution in [-0.2, 0) is 10.0 Å². The Morgan fingerprint density at radius 3 is 2.44 bits per heavy atom. The number of benzene rings is 1. The highest BCUT2D eigenvalue weighted by Crippen LogP contribution is 2.20. The summed E-state index contributed by atoms with van der Waals surface area (Å²) < 4.78 is 26.2. The van der Waals surface area contributed by atoms with Gasteiger partial charge in [0.1, 0.15) is 0 Å². The summed E-state index contributed by atoms with van der Waals surface area (Å²) in [5.74, 6) is 5.81. The van der Waals surface area contributed by atoms with Crippen LogP contribution in [0.1, 0.15) is 32.6 Å². The first-order valence-corrected chi connectivity index (χ1v) is 10.6. The molecule has 136 valence electrons. The molecule has 0 amide bonds. The van der Waals surface area contributed by atoms with E-state index in [9.17, 15) is 8.42 Å². The van der Waals surface area contributed by atoms with E-state index >= 15 is 0 Å². The Morgan fingerprint density at radius 2 is 1.80 bits per heavy atom. The van der Waals surface area contributed by atoms with Gasteiger partial charge in [0.05, 0.1) is 5.41 Å². The van der Waals surface area contributed by atoms with Crippen LogP contribution in [0.25, 0.3) is 0 Å². The Bertz CT molecular complexity index is 725. The molecule has 1 aromatic carbocycles. The van der Waals surface area contributed by atoms with Crippen molar-refractivity contribution in [3.05, 3.63) is 40.8 Å². The predicted octanol–water partition coefficient (Wildman–Crippen LogP) is 3.89. The topological polar surface area (TPSA) is 40.6 Å². The number of piperazine rings is 1. The van der Waals surface area contributed by atoms with Crippen molar-refractivity contribution in [2.24, 2.45) is 0 Å². The van der Waals surface area contributed by atoms with E-state index in [0.29, 0.717) is 31.2 Å². The minimum absolute atomic E-state index is 0.471. The zero-order valence-electron chi connectivity index (χ0n) is 14.6. The van der Waals surface area contributed by atoms with Crippen LogP contribution in [-0.4, -0.2) is 38.9 Å². The lowest BCUT2D eigenvalue weighted by Gasteiger charge is -2.34. The summed E-state index contributed by atoms with van der Waals surface area (Å²) in [6, 6.07) is 7.62. The van der Waals surface area contributed by atoms with Crippen LogP contribution in [0.5, 0.6) is 0 Å². The minimum Gasteiger partial charge on any atom is -0.369 e. The van der Waals surface area contributed by atoms with E-state index in [1.165, 1.54) is 15.8 Å². The van der Waals surface area contributed by atoms with E-state index in [1.807, 2.05) is 24.3 Å². The highest BCUT2D eigenvalue weighted by atomic mass is 35.5. The molecule has 1 aliphatic rings. The van der Waals surface area contributed by atoms with Crippen LogP contribution < -0.4 is 4.90 Å². The van der Waals surface area contributed by atoms with Crippen molar-refractivity contribution < 1.29 is 8.42 Å². The molecule has 0 aliphatic carbocycles. The van der Waals surface area contributed by atoms with Gasteiger partial charge in [-0.15, -0.1) is 0 Å². The fourth-order valence-electron chi connectivity index (χ4n) is 2.65. The number of halogens is 1. The van der Waals surface area contributed by atoms with Gasteiger partial charge in [0.15, 0.2) is 0 Å². The van der Waals surface area contributed by atoms with Gasteiger partial charge in [-0.3, -0.25) is 0 Å². The van der Waals surface area contributed by atoms with Gasteiger partial charge < -0.3 is 4.90 Å².